The van der Waals surface area contributed by atoms with Crippen LogP contribution in [-0.4, -0.2) is 5.11 Å². The second-order valence-corrected chi connectivity index (χ2v) is 7.31. The second-order valence-electron chi connectivity index (χ2n) is 7.31. The summed E-state index contributed by atoms with van der Waals surface area (Å²) in [7, 11) is 0. The lowest BCUT2D eigenvalue weighted by molar-refractivity contribution is 0.0449. The predicted molar refractivity (Wildman–Crippen MR) is 125 cm³/mol. The average Bonchev–Trinajstić information content (AvgIpc) is 2.75. The van der Waals surface area contributed by atoms with Crippen molar-refractivity contribution >= 4 is 9.90 Å². The van der Waals surface area contributed by atoms with Crippen molar-refractivity contribution in [2.75, 3.05) is 0 Å². The van der Waals surface area contributed by atoms with Gasteiger partial charge in [0, 0.05) is 5.92 Å². The van der Waals surface area contributed by atoms with E-state index in [0.29, 0.717) is 0 Å². The quantitative estimate of drug-likeness (QED) is 0.316. The van der Waals surface area contributed by atoms with Gasteiger partial charge in [0.2, 0.25) is 0 Å². The Morgan fingerprint density at radius 3 is 1.61 bits per heavy atom. The van der Waals surface area contributed by atoms with Gasteiger partial charge in [0.1, 0.15) is 5.60 Å². The topological polar surface area (TPSA) is 20.2 Å². The van der Waals surface area contributed by atoms with Gasteiger partial charge >= 0.3 is 0 Å². The van der Waals surface area contributed by atoms with E-state index in [0.717, 1.165) is 24.0 Å². The largest absolute Gasteiger partial charge is 0.380 e. The van der Waals surface area contributed by atoms with Crippen LogP contribution in [-0.2, 0) is 5.60 Å². The molecule has 28 heavy (non-hydrogen) atoms. The molecule has 0 spiro atoms. The summed E-state index contributed by atoms with van der Waals surface area (Å²) in [5.74, 6) is 0.0142. The van der Waals surface area contributed by atoms with Crippen LogP contribution in [0.5, 0.6) is 0 Å². The zero-order valence-electron chi connectivity index (χ0n) is 16.9. The van der Waals surface area contributed by atoms with E-state index in [-0.39, 0.29) is 15.8 Å². The van der Waals surface area contributed by atoms with Crippen LogP contribution >= 0.6 is 9.90 Å². The molecule has 0 bridgehead atoms. The Kier molecular flexibility index (Phi) is 8.90. The summed E-state index contributed by atoms with van der Waals surface area (Å²) in [6.45, 7) is 2.24. The highest BCUT2D eigenvalue weighted by atomic mass is 31.0. The molecule has 0 fully saturated rings. The van der Waals surface area contributed by atoms with Gasteiger partial charge in [-0.1, -0.05) is 124 Å². The van der Waals surface area contributed by atoms with Crippen LogP contribution in [0.2, 0.25) is 0 Å². The minimum atomic E-state index is -1.05. The number of unbranched alkanes of at least 4 members (excludes halogenated alkanes) is 3. The van der Waals surface area contributed by atoms with Gasteiger partial charge < -0.3 is 5.11 Å². The fraction of sp³-hybridized carbons (Fsp3) is 0.308. The summed E-state index contributed by atoms with van der Waals surface area (Å²) in [6.07, 6.45) is 5.76. The van der Waals surface area contributed by atoms with Crippen molar-refractivity contribution in [2.24, 2.45) is 0 Å². The van der Waals surface area contributed by atoms with E-state index in [1.54, 1.807) is 0 Å². The molecule has 3 aromatic carbocycles. The number of hydrogen-bond donors (Lipinski definition) is 1. The lowest BCUT2D eigenvalue weighted by Crippen LogP contribution is -2.35. The summed E-state index contributed by atoms with van der Waals surface area (Å²) < 4.78 is 0. The van der Waals surface area contributed by atoms with Crippen molar-refractivity contribution in [3.05, 3.63) is 108 Å². The Morgan fingerprint density at radius 1 is 0.679 bits per heavy atom. The van der Waals surface area contributed by atoms with Crippen LogP contribution in [0.4, 0.5) is 0 Å². The van der Waals surface area contributed by atoms with Crippen LogP contribution in [0.3, 0.4) is 0 Å². The molecule has 0 heterocycles. The molecule has 148 valence electrons. The standard InChI is InChI=1S/C26H30O.H3P/c1-2-3-4-14-21-25(22-15-8-5-9-16-22)26(27,23-17-10-6-11-18-23)24-19-12-7-13-20-24;/h5-13,15-20,25,27H,2-4,14,21H2,1H3;1H3. The Balaban J connectivity index is 0.00000280. The molecular formula is C26H33OP. The van der Waals surface area contributed by atoms with Crippen molar-refractivity contribution in [3.8, 4) is 0 Å². The summed E-state index contributed by atoms with van der Waals surface area (Å²) in [5.41, 5.74) is 2.07. The minimum absolute atomic E-state index is 0. The van der Waals surface area contributed by atoms with Gasteiger partial charge in [-0.05, 0) is 23.1 Å². The zero-order chi connectivity index (χ0) is 19.0. The molecule has 0 aliphatic heterocycles. The van der Waals surface area contributed by atoms with E-state index in [1.165, 1.54) is 24.8 Å². The van der Waals surface area contributed by atoms with E-state index in [9.17, 15) is 5.11 Å². The normalized spacial score (nSPS) is 12.2. The van der Waals surface area contributed by atoms with Crippen LogP contribution in [0.15, 0.2) is 91.0 Å². The van der Waals surface area contributed by atoms with Gasteiger partial charge in [-0.15, -0.1) is 0 Å². The predicted octanol–water partition coefficient (Wildman–Crippen LogP) is 6.73. The molecule has 1 N–H and O–H groups in total. The average molecular weight is 393 g/mol. The van der Waals surface area contributed by atoms with Crippen LogP contribution in [0.25, 0.3) is 0 Å². The molecule has 0 radical (unpaired) electrons. The molecule has 0 aromatic heterocycles. The van der Waals surface area contributed by atoms with Gasteiger partial charge in [-0.3, -0.25) is 0 Å². The summed E-state index contributed by atoms with van der Waals surface area (Å²) >= 11 is 0. The fourth-order valence-corrected chi connectivity index (χ4v) is 4.03. The number of rotatable bonds is 9. The lowest BCUT2D eigenvalue weighted by Gasteiger charge is -2.38. The second kappa shape index (κ2) is 11.1. The van der Waals surface area contributed by atoms with Crippen LogP contribution in [0.1, 0.15) is 61.6 Å². The SMILES string of the molecule is CCCCCCC(c1ccccc1)C(O)(c1ccccc1)c1ccccc1.P. The summed E-state index contributed by atoms with van der Waals surface area (Å²) in [5, 5.41) is 12.2. The molecule has 3 aromatic rings. The first-order chi connectivity index (χ1) is 13.3. The van der Waals surface area contributed by atoms with E-state index in [1.807, 2.05) is 42.5 Å². The molecule has 2 atom stereocenters. The van der Waals surface area contributed by atoms with Crippen molar-refractivity contribution in [2.45, 2.75) is 50.5 Å². The van der Waals surface area contributed by atoms with E-state index < -0.39 is 5.60 Å². The van der Waals surface area contributed by atoms with Gasteiger partial charge in [-0.2, -0.15) is 9.90 Å². The minimum Gasteiger partial charge on any atom is -0.380 e. The number of aliphatic hydroxyl groups is 1. The molecule has 0 aliphatic rings. The van der Waals surface area contributed by atoms with E-state index in [2.05, 4.69) is 55.5 Å². The Hall–Kier alpha value is -1.95. The maximum atomic E-state index is 12.2. The molecule has 1 nitrogen and oxygen atoms in total. The first kappa shape index (κ1) is 22.3. The van der Waals surface area contributed by atoms with Crippen LogP contribution in [0, 0.1) is 0 Å². The van der Waals surface area contributed by atoms with Gasteiger partial charge in [0.05, 0.1) is 0 Å². The van der Waals surface area contributed by atoms with Crippen molar-refractivity contribution < 1.29 is 5.11 Å². The molecule has 3 rings (SSSR count). The van der Waals surface area contributed by atoms with Crippen molar-refractivity contribution in [3.63, 3.8) is 0 Å². The highest BCUT2D eigenvalue weighted by molar-refractivity contribution is 6.92. The third-order valence-electron chi connectivity index (χ3n) is 5.48. The highest BCUT2D eigenvalue weighted by Gasteiger charge is 2.40. The molecule has 0 saturated heterocycles. The van der Waals surface area contributed by atoms with E-state index in [4.69, 9.17) is 0 Å². The molecule has 0 amide bonds. The summed E-state index contributed by atoms with van der Waals surface area (Å²) in [4.78, 5) is 0. The lowest BCUT2D eigenvalue weighted by atomic mass is 9.71. The maximum absolute atomic E-state index is 12.2. The monoisotopic (exact) mass is 392 g/mol. The van der Waals surface area contributed by atoms with Crippen LogP contribution < -0.4 is 0 Å². The Labute approximate surface area is 173 Å². The third-order valence-corrected chi connectivity index (χ3v) is 5.48. The number of hydrogen-bond acceptors (Lipinski definition) is 1. The molecule has 0 aliphatic carbocycles. The van der Waals surface area contributed by atoms with Gasteiger partial charge in [0.25, 0.3) is 0 Å². The van der Waals surface area contributed by atoms with E-state index >= 15 is 0 Å². The van der Waals surface area contributed by atoms with Gasteiger partial charge in [0.15, 0.2) is 0 Å². The maximum Gasteiger partial charge on any atom is 0.121 e. The highest BCUT2D eigenvalue weighted by Crippen LogP contribution is 2.45. The molecule has 0 saturated carbocycles. The van der Waals surface area contributed by atoms with Crippen molar-refractivity contribution in [1.82, 2.24) is 0 Å². The molecule has 2 unspecified atom stereocenters. The van der Waals surface area contributed by atoms with Gasteiger partial charge in [-0.25, -0.2) is 0 Å². The number of benzene rings is 3. The first-order valence-electron chi connectivity index (χ1n) is 10.1. The molecule has 2 heteroatoms. The fourth-order valence-electron chi connectivity index (χ4n) is 4.03. The Bertz CT molecular complexity index is 747. The van der Waals surface area contributed by atoms with Crippen molar-refractivity contribution in [1.29, 1.82) is 0 Å². The zero-order valence-corrected chi connectivity index (χ0v) is 18.3. The molecular weight excluding hydrogens is 359 g/mol. The first-order valence-corrected chi connectivity index (χ1v) is 10.1. The third kappa shape index (κ3) is 5.10. The Morgan fingerprint density at radius 2 is 1.14 bits per heavy atom. The summed E-state index contributed by atoms with van der Waals surface area (Å²) in [6, 6.07) is 30.8. The smallest absolute Gasteiger partial charge is 0.121 e.